The number of hydrogen-bond donors (Lipinski definition) is 3. The van der Waals surface area contributed by atoms with Crippen molar-refractivity contribution in [3.63, 3.8) is 0 Å². The number of esters is 1. The minimum atomic E-state index is -0.617. The van der Waals surface area contributed by atoms with E-state index in [-0.39, 0.29) is 25.5 Å². The van der Waals surface area contributed by atoms with Crippen LogP contribution in [0.15, 0.2) is 0 Å². The van der Waals surface area contributed by atoms with Gasteiger partial charge < -0.3 is 20.7 Å². The Morgan fingerprint density at radius 1 is 0.850 bits per heavy atom. The molecule has 8 nitrogen and oxygen atoms in total. The molecule has 3 N–H and O–H groups in total. The van der Waals surface area contributed by atoms with E-state index in [1.54, 1.807) is 20.8 Å². The minimum absolute atomic E-state index is 0.200. The van der Waals surface area contributed by atoms with Gasteiger partial charge in [0.1, 0.15) is 12.1 Å². The molecule has 0 bridgehead atoms. The van der Waals surface area contributed by atoms with E-state index in [0.717, 1.165) is 0 Å². The fourth-order valence-electron chi connectivity index (χ4n) is 1.06. The molecule has 0 aromatic rings. The predicted octanol–water partition coefficient (Wildman–Crippen LogP) is -1.30. The lowest BCUT2D eigenvalue weighted by Crippen LogP contribution is -2.43. The second-order valence-electron chi connectivity index (χ2n) is 5.05. The summed E-state index contributed by atoms with van der Waals surface area (Å²) in [7, 11) is 0. The van der Waals surface area contributed by atoms with Crippen molar-refractivity contribution in [1.82, 2.24) is 16.0 Å². The first-order valence-electron chi connectivity index (χ1n) is 6.10. The van der Waals surface area contributed by atoms with Crippen LogP contribution in [0.4, 0.5) is 0 Å². The van der Waals surface area contributed by atoms with Crippen LogP contribution in [-0.2, 0) is 23.9 Å². The highest BCUT2D eigenvalue weighted by Crippen LogP contribution is 2.05. The Labute approximate surface area is 117 Å². The second-order valence-corrected chi connectivity index (χ2v) is 5.05. The Balaban J connectivity index is 3.81. The number of carbonyl (C=O) groups is 4. The van der Waals surface area contributed by atoms with E-state index in [9.17, 15) is 19.2 Å². The summed E-state index contributed by atoms with van der Waals surface area (Å²) < 4.78 is 4.99. The SMILES string of the molecule is CC(=O)NCC(=O)NCC(=O)NCC(=O)OC(C)(C)C. The number of hydrogen-bond acceptors (Lipinski definition) is 5. The maximum Gasteiger partial charge on any atom is 0.325 e. The summed E-state index contributed by atoms with van der Waals surface area (Å²) in [5.41, 5.74) is -0.617. The number of amides is 3. The van der Waals surface area contributed by atoms with Gasteiger partial charge in [-0.2, -0.15) is 0 Å². The van der Waals surface area contributed by atoms with Crippen LogP contribution in [-0.4, -0.2) is 48.9 Å². The van der Waals surface area contributed by atoms with Gasteiger partial charge in [-0.15, -0.1) is 0 Å². The third-order valence-electron chi connectivity index (χ3n) is 1.79. The fourth-order valence-corrected chi connectivity index (χ4v) is 1.06. The molecule has 0 atom stereocenters. The van der Waals surface area contributed by atoms with Crippen LogP contribution in [0.3, 0.4) is 0 Å². The average molecular weight is 287 g/mol. The molecular weight excluding hydrogens is 266 g/mol. The van der Waals surface area contributed by atoms with Crippen molar-refractivity contribution < 1.29 is 23.9 Å². The molecule has 0 heterocycles. The van der Waals surface area contributed by atoms with Crippen molar-refractivity contribution >= 4 is 23.7 Å². The normalized spacial score (nSPS) is 10.4. The largest absolute Gasteiger partial charge is 0.459 e. The first-order valence-corrected chi connectivity index (χ1v) is 6.10. The lowest BCUT2D eigenvalue weighted by molar-refractivity contribution is -0.154. The van der Waals surface area contributed by atoms with Gasteiger partial charge in [0.15, 0.2) is 0 Å². The Morgan fingerprint density at radius 2 is 1.30 bits per heavy atom. The summed E-state index contributed by atoms with van der Waals surface area (Å²) in [6.45, 7) is 5.69. The Hall–Kier alpha value is -2.12. The number of ether oxygens (including phenoxy) is 1. The lowest BCUT2D eigenvalue weighted by Gasteiger charge is -2.19. The molecule has 0 fully saturated rings. The molecule has 0 saturated carbocycles. The number of nitrogens with one attached hydrogen (secondary N) is 3. The van der Waals surface area contributed by atoms with E-state index >= 15 is 0 Å². The third-order valence-corrected chi connectivity index (χ3v) is 1.79. The number of carbonyl (C=O) groups excluding carboxylic acids is 4. The number of rotatable bonds is 6. The van der Waals surface area contributed by atoms with Crippen molar-refractivity contribution in [3.8, 4) is 0 Å². The van der Waals surface area contributed by atoms with Crippen molar-refractivity contribution in [3.05, 3.63) is 0 Å². The summed E-state index contributed by atoms with van der Waals surface area (Å²) in [4.78, 5) is 44.4. The van der Waals surface area contributed by atoms with Gasteiger partial charge in [0.2, 0.25) is 17.7 Å². The molecule has 3 amide bonds. The van der Waals surface area contributed by atoms with Gasteiger partial charge in [-0.1, -0.05) is 0 Å². The topological polar surface area (TPSA) is 114 Å². The molecule has 0 aromatic heterocycles. The monoisotopic (exact) mass is 287 g/mol. The predicted molar refractivity (Wildman–Crippen MR) is 70.5 cm³/mol. The molecular formula is C12H21N3O5. The maximum absolute atomic E-state index is 11.3. The van der Waals surface area contributed by atoms with E-state index in [4.69, 9.17) is 4.74 Å². The zero-order valence-electron chi connectivity index (χ0n) is 12.2. The van der Waals surface area contributed by atoms with Gasteiger partial charge in [-0.25, -0.2) is 0 Å². The van der Waals surface area contributed by atoms with E-state index in [0.29, 0.717) is 0 Å². The Morgan fingerprint density at radius 3 is 1.75 bits per heavy atom. The minimum Gasteiger partial charge on any atom is -0.459 e. The van der Waals surface area contributed by atoms with Gasteiger partial charge in [0, 0.05) is 6.92 Å². The first-order chi connectivity index (χ1) is 9.10. The summed E-state index contributed by atoms with van der Waals surface area (Å²) in [5, 5.41) is 6.89. The summed E-state index contributed by atoms with van der Waals surface area (Å²) in [5.74, 6) is -1.91. The third kappa shape index (κ3) is 11.0. The maximum atomic E-state index is 11.3. The van der Waals surface area contributed by atoms with E-state index in [1.807, 2.05) is 0 Å². The van der Waals surface area contributed by atoms with Crippen molar-refractivity contribution in [2.24, 2.45) is 0 Å². The van der Waals surface area contributed by atoms with Gasteiger partial charge in [0.05, 0.1) is 13.1 Å². The first kappa shape index (κ1) is 17.9. The zero-order valence-corrected chi connectivity index (χ0v) is 12.2. The molecule has 0 saturated heterocycles. The molecule has 0 radical (unpaired) electrons. The van der Waals surface area contributed by atoms with Crippen LogP contribution in [0.25, 0.3) is 0 Å². The fraction of sp³-hybridized carbons (Fsp3) is 0.667. The van der Waals surface area contributed by atoms with Crippen molar-refractivity contribution in [2.75, 3.05) is 19.6 Å². The molecule has 0 rings (SSSR count). The summed E-state index contributed by atoms with van der Waals surface area (Å²) in [6.07, 6.45) is 0. The van der Waals surface area contributed by atoms with Gasteiger partial charge in [-0.05, 0) is 20.8 Å². The molecule has 0 aliphatic heterocycles. The van der Waals surface area contributed by atoms with E-state index in [1.165, 1.54) is 6.92 Å². The molecule has 0 aliphatic rings. The lowest BCUT2D eigenvalue weighted by atomic mass is 10.2. The van der Waals surface area contributed by atoms with Crippen LogP contribution in [0.2, 0.25) is 0 Å². The highest BCUT2D eigenvalue weighted by Gasteiger charge is 2.16. The highest BCUT2D eigenvalue weighted by molar-refractivity contribution is 5.88. The highest BCUT2D eigenvalue weighted by atomic mass is 16.6. The van der Waals surface area contributed by atoms with E-state index < -0.39 is 23.4 Å². The molecule has 0 unspecified atom stereocenters. The standard InChI is InChI=1S/C12H21N3O5/c1-8(16)13-5-9(17)14-6-10(18)15-7-11(19)20-12(2,3)4/h5-7H2,1-4H3,(H,13,16)(H,14,17)(H,15,18). The molecule has 20 heavy (non-hydrogen) atoms. The van der Waals surface area contributed by atoms with Crippen LogP contribution in [0, 0.1) is 0 Å². The summed E-state index contributed by atoms with van der Waals surface area (Å²) >= 11 is 0. The van der Waals surface area contributed by atoms with E-state index in [2.05, 4.69) is 16.0 Å². The van der Waals surface area contributed by atoms with Crippen LogP contribution in [0.1, 0.15) is 27.7 Å². The van der Waals surface area contributed by atoms with Crippen LogP contribution >= 0.6 is 0 Å². The average Bonchev–Trinajstić information content (AvgIpc) is 2.29. The molecule has 0 aromatic carbocycles. The molecule has 0 aliphatic carbocycles. The van der Waals surface area contributed by atoms with Gasteiger partial charge in [-0.3, -0.25) is 19.2 Å². The molecule has 0 spiro atoms. The van der Waals surface area contributed by atoms with Crippen molar-refractivity contribution in [1.29, 1.82) is 0 Å². The Bertz CT molecular complexity index is 387. The Kier molecular flexibility index (Phi) is 7.27. The van der Waals surface area contributed by atoms with Gasteiger partial charge in [0.25, 0.3) is 0 Å². The zero-order chi connectivity index (χ0) is 15.8. The smallest absolute Gasteiger partial charge is 0.325 e. The quantitative estimate of drug-likeness (QED) is 0.525. The molecule has 114 valence electrons. The molecule has 8 heteroatoms. The second kappa shape index (κ2) is 8.13. The van der Waals surface area contributed by atoms with Crippen molar-refractivity contribution in [2.45, 2.75) is 33.3 Å². The van der Waals surface area contributed by atoms with Gasteiger partial charge >= 0.3 is 5.97 Å². The summed E-state index contributed by atoms with van der Waals surface area (Å²) in [6, 6.07) is 0. The van der Waals surface area contributed by atoms with Crippen LogP contribution in [0.5, 0.6) is 0 Å². The van der Waals surface area contributed by atoms with Crippen LogP contribution < -0.4 is 16.0 Å².